The summed E-state index contributed by atoms with van der Waals surface area (Å²) in [6.45, 7) is 6.32. The summed E-state index contributed by atoms with van der Waals surface area (Å²) in [6.07, 6.45) is 6.82. The molecule has 0 heterocycles. The molecule has 5 atom stereocenters. The van der Waals surface area contributed by atoms with Gasteiger partial charge in [-0.2, -0.15) is 0 Å². The van der Waals surface area contributed by atoms with Gasteiger partial charge >= 0.3 is 5.97 Å². The number of carbonyl (C=O) groups excluding carboxylic acids is 1. The molecule has 4 nitrogen and oxygen atoms in total. The predicted molar refractivity (Wildman–Crippen MR) is 77.0 cm³/mol. The van der Waals surface area contributed by atoms with Crippen molar-refractivity contribution in [3.8, 4) is 0 Å². The van der Waals surface area contributed by atoms with Gasteiger partial charge in [0, 0.05) is 6.04 Å². The minimum atomic E-state index is -0.836. The first kappa shape index (κ1) is 15.1. The van der Waals surface area contributed by atoms with Crippen molar-refractivity contribution in [2.75, 3.05) is 0 Å². The molecule has 0 aliphatic heterocycles. The van der Waals surface area contributed by atoms with Gasteiger partial charge in [0.15, 0.2) is 0 Å². The Balaban J connectivity index is 1.95. The molecule has 1 saturated carbocycles. The minimum Gasteiger partial charge on any atom is -0.481 e. The topological polar surface area (TPSA) is 66.4 Å². The number of carboxylic acid groups (broad SMARTS) is 1. The first-order valence-corrected chi connectivity index (χ1v) is 7.61. The Morgan fingerprint density at radius 3 is 2.30 bits per heavy atom. The van der Waals surface area contributed by atoms with E-state index in [4.69, 9.17) is 0 Å². The highest BCUT2D eigenvalue weighted by molar-refractivity contribution is 5.87. The summed E-state index contributed by atoms with van der Waals surface area (Å²) in [7, 11) is 0. The monoisotopic (exact) mass is 279 g/mol. The van der Waals surface area contributed by atoms with Crippen LogP contribution in [0.5, 0.6) is 0 Å². The molecule has 0 saturated heterocycles. The Morgan fingerprint density at radius 2 is 1.75 bits per heavy atom. The Bertz CT molecular complexity index is 416. The number of hydrogen-bond acceptors (Lipinski definition) is 2. The standard InChI is InChI=1S/C16H25NO3/c1-9(2)4-5-10(3)17-15(18)13-11-6-7-12(8-11)14(13)16(19)20/h6-7,9-14H,4-5,8H2,1-3H3,(H,17,18)(H,19,20). The number of rotatable bonds is 6. The fraction of sp³-hybridized carbons (Fsp3) is 0.750. The number of aliphatic carboxylic acids is 1. The second-order valence-corrected chi connectivity index (χ2v) is 6.72. The molecule has 1 fully saturated rings. The van der Waals surface area contributed by atoms with Gasteiger partial charge in [-0.15, -0.1) is 0 Å². The maximum atomic E-state index is 12.4. The third-order valence-corrected chi connectivity index (χ3v) is 4.61. The predicted octanol–water partition coefficient (Wildman–Crippen LogP) is 2.45. The lowest BCUT2D eigenvalue weighted by Crippen LogP contribution is -2.43. The summed E-state index contributed by atoms with van der Waals surface area (Å²) in [4.78, 5) is 23.8. The van der Waals surface area contributed by atoms with Crippen LogP contribution in [0.25, 0.3) is 0 Å². The molecule has 0 spiro atoms. The highest BCUT2D eigenvalue weighted by Crippen LogP contribution is 2.48. The van der Waals surface area contributed by atoms with E-state index in [1.165, 1.54) is 0 Å². The Hall–Kier alpha value is -1.32. The van der Waals surface area contributed by atoms with E-state index >= 15 is 0 Å². The van der Waals surface area contributed by atoms with Gasteiger partial charge in [0.25, 0.3) is 0 Å². The van der Waals surface area contributed by atoms with Crippen LogP contribution in [0.1, 0.15) is 40.0 Å². The van der Waals surface area contributed by atoms with Crippen molar-refractivity contribution >= 4 is 11.9 Å². The molecule has 4 heteroatoms. The number of fused-ring (bicyclic) bond motifs is 2. The van der Waals surface area contributed by atoms with Crippen LogP contribution in [0.4, 0.5) is 0 Å². The van der Waals surface area contributed by atoms with Gasteiger partial charge in [-0.1, -0.05) is 26.0 Å². The second-order valence-electron chi connectivity index (χ2n) is 6.72. The minimum absolute atomic E-state index is 0.0409. The first-order chi connectivity index (χ1) is 9.40. The van der Waals surface area contributed by atoms with E-state index in [9.17, 15) is 14.7 Å². The molecular formula is C16H25NO3. The van der Waals surface area contributed by atoms with Crippen LogP contribution < -0.4 is 5.32 Å². The van der Waals surface area contributed by atoms with Gasteiger partial charge < -0.3 is 10.4 Å². The van der Waals surface area contributed by atoms with E-state index in [0.717, 1.165) is 19.3 Å². The Kier molecular flexibility index (Phi) is 4.51. The molecule has 2 rings (SSSR count). The van der Waals surface area contributed by atoms with Crippen LogP contribution in [-0.4, -0.2) is 23.0 Å². The second kappa shape index (κ2) is 5.98. The van der Waals surface area contributed by atoms with Crippen molar-refractivity contribution in [3.63, 3.8) is 0 Å². The summed E-state index contributed by atoms with van der Waals surface area (Å²) >= 11 is 0. The number of amides is 1. The van der Waals surface area contributed by atoms with E-state index in [2.05, 4.69) is 19.2 Å². The molecule has 2 N–H and O–H groups in total. The van der Waals surface area contributed by atoms with Crippen LogP contribution in [0, 0.1) is 29.6 Å². The van der Waals surface area contributed by atoms with Crippen LogP contribution >= 0.6 is 0 Å². The molecule has 2 aliphatic carbocycles. The van der Waals surface area contributed by atoms with Crippen molar-refractivity contribution in [2.24, 2.45) is 29.6 Å². The molecule has 1 amide bonds. The summed E-state index contributed by atoms with van der Waals surface area (Å²) < 4.78 is 0. The number of carbonyl (C=O) groups is 2. The first-order valence-electron chi connectivity index (χ1n) is 7.61. The lowest BCUT2D eigenvalue weighted by atomic mass is 9.82. The zero-order valence-corrected chi connectivity index (χ0v) is 12.5. The molecule has 0 aromatic carbocycles. The highest BCUT2D eigenvalue weighted by atomic mass is 16.4. The van der Waals surface area contributed by atoms with Crippen LogP contribution in [0.3, 0.4) is 0 Å². The maximum absolute atomic E-state index is 12.4. The fourth-order valence-corrected chi connectivity index (χ4v) is 3.51. The van der Waals surface area contributed by atoms with Crippen molar-refractivity contribution in [1.29, 1.82) is 0 Å². The maximum Gasteiger partial charge on any atom is 0.307 e. The Labute approximate surface area is 120 Å². The normalized spacial score (nSPS) is 32.6. The quantitative estimate of drug-likeness (QED) is 0.734. The summed E-state index contributed by atoms with van der Waals surface area (Å²) in [5.74, 6) is -1.07. The number of nitrogens with one attached hydrogen (secondary N) is 1. The van der Waals surface area contributed by atoms with E-state index in [0.29, 0.717) is 5.92 Å². The molecule has 5 unspecified atom stereocenters. The third-order valence-electron chi connectivity index (χ3n) is 4.61. The van der Waals surface area contributed by atoms with E-state index in [1.54, 1.807) is 0 Å². The van der Waals surface area contributed by atoms with Crippen molar-refractivity contribution in [1.82, 2.24) is 5.32 Å². The average Bonchev–Trinajstić information content (AvgIpc) is 2.95. The summed E-state index contributed by atoms with van der Waals surface area (Å²) in [5, 5.41) is 12.4. The molecule has 0 aromatic rings. The SMILES string of the molecule is CC(C)CCC(C)NC(=O)C1C2C=CC(C2)C1C(=O)O. The van der Waals surface area contributed by atoms with Gasteiger partial charge in [-0.3, -0.25) is 9.59 Å². The summed E-state index contributed by atoms with van der Waals surface area (Å²) in [6, 6.07) is 0.113. The molecule has 0 radical (unpaired) electrons. The van der Waals surface area contributed by atoms with Crippen LogP contribution in [-0.2, 0) is 9.59 Å². The molecular weight excluding hydrogens is 254 g/mol. The van der Waals surface area contributed by atoms with Crippen molar-refractivity contribution in [2.45, 2.75) is 46.1 Å². The van der Waals surface area contributed by atoms with Crippen molar-refractivity contribution in [3.05, 3.63) is 12.2 Å². The van der Waals surface area contributed by atoms with Crippen molar-refractivity contribution < 1.29 is 14.7 Å². The largest absolute Gasteiger partial charge is 0.481 e. The fourth-order valence-electron chi connectivity index (χ4n) is 3.51. The van der Waals surface area contributed by atoms with E-state index < -0.39 is 11.9 Å². The number of hydrogen-bond donors (Lipinski definition) is 2. The lowest BCUT2D eigenvalue weighted by Gasteiger charge is -2.26. The Morgan fingerprint density at radius 1 is 1.15 bits per heavy atom. The molecule has 112 valence electrons. The van der Waals surface area contributed by atoms with Crippen LogP contribution in [0.2, 0.25) is 0 Å². The van der Waals surface area contributed by atoms with E-state index in [-0.39, 0.29) is 29.7 Å². The zero-order chi connectivity index (χ0) is 14.9. The number of carboxylic acids is 1. The third kappa shape index (κ3) is 3.05. The molecule has 2 bridgehead atoms. The highest BCUT2D eigenvalue weighted by Gasteiger charge is 2.51. The van der Waals surface area contributed by atoms with Gasteiger partial charge in [-0.25, -0.2) is 0 Å². The molecule has 2 aliphatic rings. The molecule has 0 aromatic heterocycles. The summed E-state index contributed by atoms with van der Waals surface area (Å²) in [5.41, 5.74) is 0. The lowest BCUT2D eigenvalue weighted by molar-refractivity contribution is -0.148. The average molecular weight is 279 g/mol. The zero-order valence-electron chi connectivity index (χ0n) is 12.5. The van der Waals surface area contributed by atoms with Gasteiger partial charge in [-0.05, 0) is 43.9 Å². The smallest absolute Gasteiger partial charge is 0.307 e. The van der Waals surface area contributed by atoms with Gasteiger partial charge in [0.05, 0.1) is 11.8 Å². The number of allylic oxidation sites excluding steroid dienone is 2. The van der Waals surface area contributed by atoms with Gasteiger partial charge in [0.1, 0.15) is 0 Å². The van der Waals surface area contributed by atoms with Crippen LogP contribution in [0.15, 0.2) is 12.2 Å². The van der Waals surface area contributed by atoms with Gasteiger partial charge in [0.2, 0.25) is 5.91 Å². The van der Waals surface area contributed by atoms with E-state index in [1.807, 2.05) is 19.1 Å². The molecule has 20 heavy (non-hydrogen) atoms.